The van der Waals surface area contributed by atoms with Crippen molar-refractivity contribution in [3.63, 3.8) is 0 Å². The van der Waals surface area contributed by atoms with E-state index < -0.39 is 0 Å². The highest BCUT2D eigenvalue weighted by molar-refractivity contribution is 8.75. The van der Waals surface area contributed by atoms with Gasteiger partial charge in [-0.2, -0.15) is 0 Å². The average Bonchev–Trinajstić information content (AvgIpc) is 2.19. The van der Waals surface area contributed by atoms with Crippen molar-refractivity contribution in [2.24, 2.45) is 0 Å². The van der Waals surface area contributed by atoms with E-state index in [2.05, 4.69) is 10.6 Å². The van der Waals surface area contributed by atoms with Crippen LogP contribution in [0, 0.1) is 0 Å². The van der Waals surface area contributed by atoms with Crippen molar-refractivity contribution in [1.29, 1.82) is 0 Å². The van der Waals surface area contributed by atoms with Crippen LogP contribution in [0.25, 0.3) is 0 Å². The Hall–Kier alpha value is 0.660. The third-order valence-corrected chi connectivity index (χ3v) is 3.05. The van der Waals surface area contributed by atoms with E-state index in [0.29, 0.717) is 0 Å². The van der Waals surface area contributed by atoms with Gasteiger partial charge in [0.05, 0.1) is 0 Å². The van der Waals surface area contributed by atoms with Crippen molar-refractivity contribution < 1.29 is 0 Å². The molecule has 48 valence electrons. The van der Waals surface area contributed by atoms with Gasteiger partial charge < -0.3 is 0 Å². The standard InChI is InChI=1S/C5H11NS2/c1-7-8-6-4-2-3-5-6/h2-5H2,1H3. The first kappa shape index (κ1) is 6.78. The maximum atomic E-state index is 2.42. The molecule has 0 N–H and O–H groups in total. The monoisotopic (exact) mass is 149 g/mol. The summed E-state index contributed by atoms with van der Waals surface area (Å²) in [6, 6.07) is 0. The molecule has 0 bridgehead atoms. The molecule has 1 heterocycles. The first-order valence-corrected chi connectivity index (χ1v) is 5.40. The van der Waals surface area contributed by atoms with Gasteiger partial charge in [-0.25, -0.2) is 4.31 Å². The van der Waals surface area contributed by atoms with E-state index in [-0.39, 0.29) is 0 Å². The predicted octanol–water partition coefficient (Wildman–Crippen LogP) is 2.01. The Morgan fingerprint density at radius 1 is 1.25 bits per heavy atom. The van der Waals surface area contributed by atoms with E-state index in [1.165, 1.54) is 25.9 Å². The molecule has 1 fully saturated rings. The normalized spacial score (nSPS) is 22.1. The zero-order valence-electron chi connectivity index (χ0n) is 5.09. The van der Waals surface area contributed by atoms with Crippen LogP contribution in [0.15, 0.2) is 0 Å². The Kier molecular flexibility index (Phi) is 3.08. The number of hydrogen-bond acceptors (Lipinski definition) is 3. The summed E-state index contributed by atoms with van der Waals surface area (Å²) in [6.07, 6.45) is 4.92. The van der Waals surface area contributed by atoms with Crippen molar-refractivity contribution in [1.82, 2.24) is 4.31 Å². The number of nitrogens with zero attached hydrogens (tertiary/aromatic N) is 1. The molecule has 1 aliphatic rings. The van der Waals surface area contributed by atoms with Crippen LogP contribution >= 0.6 is 21.8 Å². The predicted molar refractivity (Wildman–Crippen MR) is 41.9 cm³/mol. The van der Waals surface area contributed by atoms with Crippen LogP contribution in [-0.2, 0) is 0 Å². The van der Waals surface area contributed by atoms with E-state index >= 15 is 0 Å². The van der Waals surface area contributed by atoms with E-state index in [1.54, 1.807) is 0 Å². The molecule has 0 unspecified atom stereocenters. The average molecular weight is 149 g/mol. The molecule has 0 spiro atoms. The maximum Gasteiger partial charge on any atom is 0.00977 e. The molecule has 0 amide bonds. The molecule has 0 atom stereocenters. The summed E-state index contributed by atoms with van der Waals surface area (Å²) in [5, 5.41) is 0. The van der Waals surface area contributed by atoms with E-state index in [9.17, 15) is 0 Å². The number of hydrogen-bond donors (Lipinski definition) is 0. The van der Waals surface area contributed by atoms with Crippen LogP contribution in [0.5, 0.6) is 0 Å². The smallest absolute Gasteiger partial charge is 0.00977 e. The van der Waals surface area contributed by atoms with Crippen LogP contribution in [0.3, 0.4) is 0 Å². The molecule has 0 aromatic carbocycles. The Labute approximate surface area is 58.7 Å². The third-order valence-electron chi connectivity index (χ3n) is 1.24. The van der Waals surface area contributed by atoms with Crippen LogP contribution in [0.1, 0.15) is 12.8 Å². The fourth-order valence-corrected chi connectivity index (χ4v) is 2.57. The molecule has 0 aromatic rings. The minimum atomic E-state index is 1.30. The summed E-state index contributed by atoms with van der Waals surface area (Å²) in [5.41, 5.74) is 0. The summed E-state index contributed by atoms with van der Waals surface area (Å²) < 4.78 is 2.42. The van der Waals surface area contributed by atoms with E-state index in [4.69, 9.17) is 0 Å². The van der Waals surface area contributed by atoms with Gasteiger partial charge in [-0.15, -0.1) is 0 Å². The fourth-order valence-electron chi connectivity index (χ4n) is 0.868. The quantitative estimate of drug-likeness (QED) is 0.437. The van der Waals surface area contributed by atoms with Crippen molar-refractivity contribution in [2.45, 2.75) is 12.8 Å². The number of rotatable bonds is 2. The summed E-state index contributed by atoms with van der Waals surface area (Å²) in [6.45, 7) is 2.59. The van der Waals surface area contributed by atoms with Gasteiger partial charge in [0.15, 0.2) is 0 Å². The van der Waals surface area contributed by atoms with Gasteiger partial charge in [0.1, 0.15) is 0 Å². The van der Waals surface area contributed by atoms with Crippen LogP contribution in [0.4, 0.5) is 0 Å². The van der Waals surface area contributed by atoms with Crippen molar-refractivity contribution >= 4 is 21.8 Å². The van der Waals surface area contributed by atoms with Crippen molar-refractivity contribution in [2.75, 3.05) is 19.3 Å². The summed E-state index contributed by atoms with van der Waals surface area (Å²) in [4.78, 5) is 0. The van der Waals surface area contributed by atoms with Crippen LogP contribution in [-0.4, -0.2) is 23.7 Å². The molecular formula is C5H11NS2. The highest BCUT2D eigenvalue weighted by atomic mass is 33.1. The summed E-state index contributed by atoms with van der Waals surface area (Å²) in [7, 11) is 3.73. The molecule has 3 heteroatoms. The molecule has 1 nitrogen and oxygen atoms in total. The van der Waals surface area contributed by atoms with Crippen LogP contribution < -0.4 is 0 Å². The van der Waals surface area contributed by atoms with Gasteiger partial charge in [0.2, 0.25) is 0 Å². The van der Waals surface area contributed by atoms with Gasteiger partial charge in [-0.1, -0.05) is 10.8 Å². The lowest BCUT2D eigenvalue weighted by Crippen LogP contribution is -2.06. The lowest BCUT2D eigenvalue weighted by atomic mass is 10.4. The van der Waals surface area contributed by atoms with Gasteiger partial charge in [0, 0.05) is 13.1 Å². The van der Waals surface area contributed by atoms with Gasteiger partial charge in [0.25, 0.3) is 0 Å². The molecule has 8 heavy (non-hydrogen) atoms. The zero-order chi connectivity index (χ0) is 5.82. The minimum Gasteiger partial charge on any atom is -0.241 e. The molecule has 1 aliphatic heterocycles. The molecule has 1 rings (SSSR count). The van der Waals surface area contributed by atoms with Gasteiger partial charge in [-0.3, -0.25) is 0 Å². The van der Waals surface area contributed by atoms with Crippen LogP contribution in [0.2, 0.25) is 0 Å². The second-order valence-electron chi connectivity index (χ2n) is 1.88. The Balaban J connectivity index is 2.06. The highest BCUT2D eigenvalue weighted by Gasteiger charge is 2.10. The molecular weight excluding hydrogens is 138 g/mol. The SMILES string of the molecule is CSSN1CCCC1. The second kappa shape index (κ2) is 3.64. The van der Waals surface area contributed by atoms with Gasteiger partial charge >= 0.3 is 0 Å². The first-order chi connectivity index (χ1) is 3.93. The topological polar surface area (TPSA) is 3.24 Å². The third kappa shape index (κ3) is 1.88. The Morgan fingerprint density at radius 3 is 2.38 bits per heavy atom. The minimum absolute atomic E-state index is 1.30. The van der Waals surface area contributed by atoms with Crippen molar-refractivity contribution in [3.8, 4) is 0 Å². The molecule has 0 aromatic heterocycles. The lowest BCUT2D eigenvalue weighted by molar-refractivity contribution is 0.593. The van der Waals surface area contributed by atoms with Gasteiger partial charge in [-0.05, 0) is 30.1 Å². The lowest BCUT2D eigenvalue weighted by Gasteiger charge is -2.08. The summed E-state index contributed by atoms with van der Waals surface area (Å²) in [5.74, 6) is 0. The Bertz CT molecular complexity index is 61.4. The highest BCUT2D eigenvalue weighted by Crippen LogP contribution is 2.26. The zero-order valence-corrected chi connectivity index (χ0v) is 6.73. The first-order valence-electron chi connectivity index (χ1n) is 2.89. The Morgan fingerprint density at radius 2 is 1.88 bits per heavy atom. The molecule has 0 radical (unpaired) electrons. The maximum absolute atomic E-state index is 2.42. The molecule has 0 saturated carbocycles. The second-order valence-corrected chi connectivity index (χ2v) is 4.32. The largest absolute Gasteiger partial charge is 0.241 e. The van der Waals surface area contributed by atoms with E-state index in [1.807, 2.05) is 21.8 Å². The fraction of sp³-hybridized carbons (Fsp3) is 1.00. The van der Waals surface area contributed by atoms with Crippen molar-refractivity contribution in [3.05, 3.63) is 0 Å². The summed E-state index contributed by atoms with van der Waals surface area (Å²) >= 11 is 0. The van der Waals surface area contributed by atoms with E-state index in [0.717, 1.165) is 0 Å². The molecule has 0 aliphatic carbocycles. The molecule has 1 saturated heterocycles.